The van der Waals surface area contributed by atoms with Gasteiger partial charge in [0.1, 0.15) is 11.6 Å². The molecule has 1 heterocycles. The third-order valence-electron chi connectivity index (χ3n) is 4.76. The first-order valence-electron chi connectivity index (χ1n) is 9.52. The minimum atomic E-state index is -0.563. The van der Waals surface area contributed by atoms with Gasteiger partial charge in [-0.2, -0.15) is 0 Å². The maximum absolute atomic E-state index is 13.3. The minimum Gasteiger partial charge on any atom is -0.497 e. The van der Waals surface area contributed by atoms with Crippen molar-refractivity contribution in [1.29, 1.82) is 0 Å². The van der Waals surface area contributed by atoms with Gasteiger partial charge >= 0.3 is 0 Å². The van der Waals surface area contributed by atoms with E-state index in [2.05, 4.69) is 5.32 Å². The summed E-state index contributed by atoms with van der Waals surface area (Å²) in [7, 11) is 1.63. The number of hydrogen-bond acceptors (Lipinski definition) is 3. The Morgan fingerprint density at radius 2 is 1.52 bits per heavy atom. The molecule has 0 bridgehead atoms. The lowest BCUT2D eigenvalue weighted by atomic mass is 10.1. The molecule has 3 aromatic carbocycles. The Labute approximate surface area is 184 Å². The predicted octanol–water partition coefficient (Wildman–Crippen LogP) is 6.47. The zero-order valence-corrected chi connectivity index (χ0v) is 17.4. The van der Waals surface area contributed by atoms with E-state index >= 15 is 0 Å². The summed E-state index contributed by atoms with van der Waals surface area (Å²) in [6, 6.07) is 24.8. The number of nitrogens with one attached hydrogen (secondary N) is 1. The van der Waals surface area contributed by atoms with Crippen LogP contribution in [0.15, 0.2) is 84.9 Å². The number of rotatable bonds is 5. The van der Waals surface area contributed by atoms with Gasteiger partial charge in [-0.25, -0.2) is 9.37 Å². The fourth-order valence-corrected chi connectivity index (χ4v) is 3.26. The first kappa shape index (κ1) is 20.6. The zero-order chi connectivity index (χ0) is 21.8. The molecule has 154 valence electrons. The standard InChI is InChI=1S/C25H18ClFN2O2/c1-31-20-12-7-17(8-13-20)24-4-2-3-23(29-24)16-5-10-19(11-6-16)28-25(30)18-9-14-22(27)21(26)15-18/h2-15H,1H3,(H,28,30). The second kappa shape index (κ2) is 8.98. The monoisotopic (exact) mass is 432 g/mol. The van der Waals surface area contributed by atoms with Crippen LogP contribution < -0.4 is 10.1 Å². The van der Waals surface area contributed by atoms with E-state index in [4.69, 9.17) is 21.3 Å². The molecule has 0 unspecified atom stereocenters. The average molecular weight is 433 g/mol. The van der Waals surface area contributed by atoms with Gasteiger partial charge in [0.05, 0.1) is 23.5 Å². The molecule has 0 atom stereocenters. The topological polar surface area (TPSA) is 51.2 Å². The van der Waals surface area contributed by atoms with E-state index in [0.29, 0.717) is 5.69 Å². The summed E-state index contributed by atoms with van der Waals surface area (Å²) in [6.45, 7) is 0. The third kappa shape index (κ3) is 4.73. The molecule has 0 saturated carbocycles. The summed E-state index contributed by atoms with van der Waals surface area (Å²) < 4.78 is 18.5. The van der Waals surface area contributed by atoms with Crippen molar-refractivity contribution in [3.8, 4) is 28.3 Å². The van der Waals surface area contributed by atoms with Crippen molar-refractivity contribution in [3.05, 3.63) is 101 Å². The van der Waals surface area contributed by atoms with Crippen LogP contribution >= 0.6 is 11.6 Å². The summed E-state index contributed by atoms with van der Waals surface area (Å²) in [5.74, 6) is -0.137. The van der Waals surface area contributed by atoms with E-state index in [1.165, 1.54) is 18.2 Å². The number of nitrogens with zero attached hydrogens (tertiary/aromatic N) is 1. The first-order valence-corrected chi connectivity index (χ1v) is 9.89. The molecular formula is C25H18ClFN2O2. The van der Waals surface area contributed by atoms with Crippen molar-refractivity contribution in [3.63, 3.8) is 0 Å². The molecule has 4 rings (SSSR count). The number of halogens is 2. The molecule has 1 N–H and O–H groups in total. The van der Waals surface area contributed by atoms with Crippen molar-refractivity contribution < 1.29 is 13.9 Å². The lowest BCUT2D eigenvalue weighted by Crippen LogP contribution is -2.11. The summed E-state index contributed by atoms with van der Waals surface area (Å²) >= 11 is 5.75. The number of ether oxygens (including phenoxy) is 1. The highest BCUT2D eigenvalue weighted by atomic mass is 35.5. The van der Waals surface area contributed by atoms with E-state index in [0.717, 1.165) is 28.3 Å². The van der Waals surface area contributed by atoms with Gasteiger partial charge in [-0.1, -0.05) is 29.8 Å². The van der Waals surface area contributed by atoms with Crippen LogP contribution in [0.1, 0.15) is 10.4 Å². The van der Waals surface area contributed by atoms with Gasteiger partial charge in [0, 0.05) is 22.4 Å². The minimum absolute atomic E-state index is 0.0918. The molecule has 0 aliphatic heterocycles. The summed E-state index contributed by atoms with van der Waals surface area (Å²) in [6.07, 6.45) is 0. The molecule has 4 nitrogen and oxygen atoms in total. The normalized spacial score (nSPS) is 10.5. The van der Waals surface area contributed by atoms with Crippen LogP contribution in [-0.4, -0.2) is 18.0 Å². The highest BCUT2D eigenvalue weighted by Crippen LogP contribution is 2.25. The van der Waals surface area contributed by atoms with Gasteiger partial charge in [-0.15, -0.1) is 0 Å². The molecule has 4 aromatic rings. The number of methoxy groups -OCH3 is 1. The van der Waals surface area contributed by atoms with Crippen molar-refractivity contribution in [1.82, 2.24) is 4.98 Å². The van der Waals surface area contributed by atoms with E-state index in [1.807, 2.05) is 54.6 Å². The fraction of sp³-hybridized carbons (Fsp3) is 0.0400. The maximum Gasteiger partial charge on any atom is 0.255 e. The Morgan fingerprint density at radius 3 is 2.10 bits per heavy atom. The molecule has 1 amide bonds. The quantitative estimate of drug-likeness (QED) is 0.393. The third-order valence-corrected chi connectivity index (χ3v) is 5.04. The number of aromatic nitrogens is 1. The van der Waals surface area contributed by atoms with E-state index in [1.54, 1.807) is 19.2 Å². The van der Waals surface area contributed by atoms with E-state index < -0.39 is 5.82 Å². The molecule has 1 aromatic heterocycles. The molecule has 31 heavy (non-hydrogen) atoms. The summed E-state index contributed by atoms with van der Waals surface area (Å²) in [4.78, 5) is 17.1. The molecule has 0 fully saturated rings. The van der Waals surface area contributed by atoms with Crippen LogP contribution in [0, 0.1) is 5.82 Å². The van der Waals surface area contributed by atoms with Gasteiger partial charge in [-0.3, -0.25) is 4.79 Å². The van der Waals surface area contributed by atoms with Crippen LogP contribution in [-0.2, 0) is 0 Å². The smallest absolute Gasteiger partial charge is 0.255 e. The van der Waals surface area contributed by atoms with Gasteiger partial charge in [-0.05, 0) is 66.7 Å². The molecule has 0 radical (unpaired) electrons. The number of carbonyl (C=O) groups is 1. The van der Waals surface area contributed by atoms with Crippen LogP contribution in [0.5, 0.6) is 5.75 Å². The Balaban J connectivity index is 1.51. The first-order chi connectivity index (χ1) is 15.0. The highest BCUT2D eigenvalue weighted by Gasteiger charge is 2.10. The Morgan fingerprint density at radius 1 is 0.903 bits per heavy atom. The average Bonchev–Trinajstić information content (AvgIpc) is 2.81. The molecule has 6 heteroatoms. The Kier molecular flexibility index (Phi) is 5.96. The number of pyridine rings is 1. The number of anilines is 1. The molecule has 0 aliphatic rings. The maximum atomic E-state index is 13.3. The van der Waals surface area contributed by atoms with Gasteiger partial charge in [0.2, 0.25) is 0 Å². The number of benzene rings is 3. The Bertz CT molecular complexity index is 1230. The number of hydrogen-bond donors (Lipinski definition) is 1. The molecule has 0 saturated heterocycles. The van der Waals surface area contributed by atoms with Crippen molar-refractivity contribution in [2.45, 2.75) is 0 Å². The summed E-state index contributed by atoms with van der Waals surface area (Å²) in [5, 5.41) is 2.69. The largest absolute Gasteiger partial charge is 0.497 e. The van der Waals surface area contributed by atoms with E-state index in [9.17, 15) is 9.18 Å². The summed E-state index contributed by atoms with van der Waals surface area (Å²) in [5.41, 5.74) is 4.47. The number of amides is 1. The van der Waals surface area contributed by atoms with Crippen molar-refractivity contribution >= 4 is 23.2 Å². The van der Waals surface area contributed by atoms with Crippen LogP contribution in [0.2, 0.25) is 5.02 Å². The van der Waals surface area contributed by atoms with E-state index in [-0.39, 0.29) is 16.5 Å². The molecule has 0 spiro atoms. The second-order valence-electron chi connectivity index (χ2n) is 6.80. The van der Waals surface area contributed by atoms with Crippen LogP contribution in [0.3, 0.4) is 0 Å². The van der Waals surface area contributed by atoms with Gasteiger partial charge < -0.3 is 10.1 Å². The lowest BCUT2D eigenvalue weighted by Gasteiger charge is -2.09. The zero-order valence-electron chi connectivity index (χ0n) is 16.6. The molecule has 0 aliphatic carbocycles. The lowest BCUT2D eigenvalue weighted by molar-refractivity contribution is 0.102. The van der Waals surface area contributed by atoms with Crippen LogP contribution in [0.25, 0.3) is 22.5 Å². The second-order valence-corrected chi connectivity index (χ2v) is 7.20. The van der Waals surface area contributed by atoms with Gasteiger partial charge in [0.15, 0.2) is 0 Å². The number of carbonyl (C=O) groups excluding carboxylic acids is 1. The highest BCUT2D eigenvalue weighted by molar-refractivity contribution is 6.31. The van der Waals surface area contributed by atoms with Gasteiger partial charge in [0.25, 0.3) is 5.91 Å². The fourth-order valence-electron chi connectivity index (χ4n) is 3.08. The molecular weight excluding hydrogens is 415 g/mol. The van der Waals surface area contributed by atoms with Crippen molar-refractivity contribution in [2.75, 3.05) is 12.4 Å². The Hall–Kier alpha value is -3.70. The van der Waals surface area contributed by atoms with Crippen molar-refractivity contribution in [2.24, 2.45) is 0 Å². The van der Waals surface area contributed by atoms with Crippen LogP contribution in [0.4, 0.5) is 10.1 Å². The predicted molar refractivity (Wildman–Crippen MR) is 121 cm³/mol. The SMILES string of the molecule is COc1ccc(-c2cccc(-c3ccc(NC(=O)c4ccc(F)c(Cl)c4)cc3)n2)cc1.